The monoisotopic (exact) mass is 561 g/mol. The summed E-state index contributed by atoms with van der Waals surface area (Å²) in [5.74, 6) is -0.890. The summed E-state index contributed by atoms with van der Waals surface area (Å²) in [4.78, 5) is 27.8. The molecule has 1 atom stereocenters. The van der Waals surface area contributed by atoms with E-state index in [4.69, 9.17) is 23.2 Å². The van der Waals surface area contributed by atoms with Crippen LogP contribution >= 0.6 is 23.2 Å². The largest absolute Gasteiger partial charge is 0.355 e. The smallest absolute Gasteiger partial charge is 0.264 e. The maximum atomic E-state index is 13.8. The molecule has 2 amide bonds. The maximum Gasteiger partial charge on any atom is 0.264 e. The Hall–Kier alpha value is -3.07. The Labute approximate surface area is 228 Å². The first-order chi connectivity index (χ1) is 17.5. The van der Waals surface area contributed by atoms with Crippen molar-refractivity contribution in [2.75, 3.05) is 17.4 Å². The highest BCUT2D eigenvalue weighted by molar-refractivity contribution is 7.92. The predicted molar refractivity (Wildman–Crippen MR) is 147 cm³/mol. The van der Waals surface area contributed by atoms with Crippen molar-refractivity contribution < 1.29 is 18.0 Å². The molecule has 37 heavy (non-hydrogen) atoms. The molecule has 0 heterocycles. The van der Waals surface area contributed by atoms with E-state index >= 15 is 0 Å². The fourth-order valence-corrected chi connectivity index (χ4v) is 5.53. The van der Waals surface area contributed by atoms with Gasteiger partial charge in [-0.05, 0) is 80.4 Å². The van der Waals surface area contributed by atoms with Gasteiger partial charge in [-0.15, -0.1) is 0 Å². The third-order valence-electron chi connectivity index (χ3n) is 5.73. The molecule has 1 N–H and O–H groups in total. The van der Waals surface area contributed by atoms with E-state index < -0.39 is 28.5 Å². The van der Waals surface area contributed by atoms with Gasteiger partial charge in [-0.25, -0.2) is 8.42 Å². The molecule has 0 aliphatic carbocycles. The van der Waals surface area contributed by atoms with Gasteiger partial charge >= 0.3 is 0 Å². The molecule has 7 nitrogen and oxygen atoms in total. The van der Waals surface area contributed by atoms with Crippen LogP contribution in [0.25, 0.3) is 0 Å². The van der Waals surface area contributed by atoms with Crippen molar-refractivity contribution in [2.24, 2.45) is 0 Å². The summed E-state index contributed by atoms with van der Waals surface area (Å²) in [6.45, 7) is 5.17. The topological polar surface area (TPSA) is 86.8 Å². The number of carbonyl (C=O) groups is 2. The van der Waals surface area contributed by atoms with E-state index in [0.29, 0.717) is 27.8 Å². The van der Waals surface area contributed by atoms with Crippen molar-refractivity contribution in [3.8, 4) is 0 Å². The summed E-state index contributed by atoms with van der Waals surface area (Å²) < 4.78 is 28.5. The number of anilines is 1. The number of sulfonamides is 1. The summed E-state index contributed by atoms with van der Waals surface area (Å²) >= 11 is 12.1. The highest BCUT2D eigenvalue weighted by Crippen LogP contribution is 2.26. The van der Waals surface area contributed by atoms with E-state index in [1.54, 1.807) is 56.3 Å². The first-order valence-corrected chi connectivity index (χ1v) is 13.9. The Morgan fingerprint density at radius 3 is 2.24 bits per heavy atom. The van der Waals surface area contributed by atoms with Crippen LogP contribution in [0, 0.1) is 6.92 Å². The van der Waals surface area contributed by atoms with E-state index in [0.717, 1.165) is 9.87 Å². The minimum atomic E-state index is -4.15. The number of rotatable bonds is 10. The van der Waals surface area contributed by atoms with E-state index in [1.807, 2.05) is 13.0 Å². The molecule has 0 spiro atoms. The van der Waals surface area contributed by atoms with Gasteiger partial charge in [0.2, 0.25) is 11.8 Å². The molecule has 0 fully saturated rings. The van der Waals surface area contributed by atoms with Crippen LogP contribution in [0.1, 0.15) is 25.0 Å². The Bertz CT molecular complexity index is 1360. The summed E-state index contributed by atoms with van der Waals surface area (Å²) in [7, 11) is -4.15. The molecule has 1 unspecified atom stereocenters. The molecule has 3 aromatic carbocycles. The standard InChI is InChI=1S/C27H29Cl2N3O4S/c1-4-30-27(34)20(3)31(17-21-8-6-9-23(29)16-21)26(33)18-32(24-10-5-7-19(2)15-24)37(35,36)25-13-11-22(28)12-14-25/h5-16,20H,4,17-18H2,1-3H3,(H,30,34). The number of carbonyl (C=O) groups excluding carboxylic acids is 2. The van der Waals surface area contributed by atoms with Crippen molar-refractivity contribution in [1.29, 1.82) is 0 Å². The third kappa shape index (κ3) is 7.25. The molecule has 0 saturated heterocycles. The lowest BCUT2D eigenvalue weighted by Gasteiger charge is -2.32. The van der Waals surface area contributed by atoms with Crippen LogP contribution in [-0.4, -0.2) is 44.3 Å². The second-order valence-electron chi connectivity index (χ2n) is 8.53. The van der Waals surface area contributed by atoms with Crippen LogP contribution in [-0.2, 0) is 26.2 Å². The molecule has 0 saturated carbocycles. The van der Waals surface area contributed by atoms with Crippen molar-refractivity contribution in [3.05, 3.63) is 94.0 Å². The average molecular weight is 563 g/mol. The number of nitrogens with zero attached hydrogens (tertiary/aromatic N) is 2. The predicted octanol–water partition coefficient (Wildman–Crippen LogP) is 5.05. The van der Waals surface area contributed by atoms with Gasteiger partial charge in [0.1, 0.15) is 12.6 Å². The fourth-order valence-electron chi connectivity index (χ4n) is 3.78. The molecule has 0 bridgehead atoms. The molecule has 10 heteroatoms. The van der Waals surface area contributed by atoms with Crippen molar-refractivity contribution in [2.45, 2.75) is 38.3 Å². The number of benzene rings is 3. The number of aryl methyl sites for hydroxylation is 1. The van der Waals surface area contributed by atoms with Gasteiger partial charge < -0.3 is 10.2 Å². The lowest BCUT2D eigenvalue weighted by Crippen LogP contribution is -2.51. The van der Waals surface area contributed by atoms with Crippen LogP contribution in [0.15, 0.2) is 77.7 Å². The average Bonchev–Trinajstić information content (AvgIpc) is 2.85. The Balaban J connectivity index is 2.03. The first kappa shape index (κ1) is 28.5. The normalized spacial score (nSPS) is 12.0. The fraction of sp³-hybridized carbons (Fsp3) is 0.259. The zero-order chi connectivity index (χ0) is 27.2. The highest BCUT2D eigenvalue weighted by Gasteiger charge is 2.32. The number of nitrogens with one attached hydrogen (secondary N) is 1. The molecule has 3 aromatic rings. The number of hydrogen-bond donors (Lipinski definition) is 1. The van der Waals surface area contributed by atoms with Crippen LogP contribution in [0.5, 0.6) is 0 Å². The van der Waals surface area contributed by atoms with Gasteiger partial charge in [-0.1, -0.05) is 47.5 Å². The van der Waals surface area contributed by atoms with Crippen molar-refractivity contribution in [3.63, 3.8) is 0 Å². The minimum absolute atomic E-state index is 0.00984. The molecular formula is C27H29Cl2N3O4S. The molecule has 0 radical (unpaired) electrons. The summed E-state index contributed by atoms with van der Waals surface area (Å²) in [6, 6.07) is 18.7. The Kier molecular flexibility index (Phi) is 9.59. The zero-order valence-electron chi connectivity index (χ0n) is 20.8. The number of likely N-dealkylation sites (N-methyl/N-ethyl adjacent to an activating group) is 1. The number of hydrogen-bond acceptors (Lipinski definition) is 4. The second-order valence-corrected chi connectivity index (χ2v) is 11.3. The minimum Gasteiger partial charge on any atom is -0.355 e. The third-order valence-corrected chi connectivity index (χ3v) is 8.01. The number of amides is 2. The Morgan fingerprint density at radius 1 is 0.946 bits per heavy atom. The van der Waals surface area contributed by atoms with Crippen molar-refractivity contribution in [1.82, 2.24) is 10.2 Å². The zero-order valence-corrected chi connectivity index (χ0v) is 23.1. The quantitative estimate of drug-likeness (QED) is 0.375. The summed E-state index contributed by atoms with van der Waals surface area (Å²) in [5.41, 5.74) is 1.86. The molecule has 0 aliphatic rings. The van der Waals surface area contributed by atoms with E-state index in [2.05, 4.69) is 5.32 Å². The highest BCUT2D eigenvalue weighted by atomic mass is 35.5. The number of halogens is 2. The summed E-state index contributed by atoms with van der Waals surface area (Å²) in [5, 5.41) is 3.61. The van der Waals surface area contributed by atoms with Crippen LogP contribution < -0.4 is 9.62 Å². The molecule has 0 aromatic heterocycles. The Morgan fingerprint density at radius 2 is 1.62 bits per heavy atom. The van der Waals surface area contributed by atoms with Gasteiger partial charge in [0.05, 0.1) is 10.6 Å². The van der Waals surface area contributed by atoms with Gasteiger partial charge in [0.15, 0.2) is 0 Å². The molecule has 3 rings (SSSR count). The van der Waals surface area contributed by atoms with Gasteiger partial charge in [-0.2, -0.15) is 0 Å². The van der Waals surface area contributed by atoms with Gasteiger partial charge in [-0.3, -0.25) is 13.9 Å². The van der Waals surface area contributed by atoms with Crippen molar-refractivity contribution >= 4 is 50.7 Å². The molecular weight excluding hydrogens is 533 g/mol. The van der Waals surface area contributed by atoms with E-state index in [1.165, 1.54) is 29.2 Å². The molecule has 196 valence electrons. The van der Waals surface area contributed by atoms with Crippen LogP contribution in [0.2, 0.25) is 10.0 Å². The lowest BCUT2D eigenvalue weighted by molar-refractivity contribution is -0.139. The first-order valence-electron chi connectivity index (χ1n) is 11.7. The second kappa shape index (κ2) is 12.4. The van der Waals surface area contributed by atoms with Crippen LogP contribution in [0.4, 0.5) is 5.69 Å². The van der Waals surface area contributed by atoms with Gasteiger partial charge in [0.25, 0.3) is 10.0 Å². The summed E-state index contributed by atoms with van der Waals surface area (Å²) in [6.07, 6.45) is 0. The van der Waals surface area contributed by atoms with Gasteiger partial charge in [0, 0.05) is 23.1 Å². The lowest BCUT2D eigenvalue weighted by atomic mass is 10.1. The maximum absolute atomic E-state index is 13.8. The SMILES string of the molecule is CCNC(=O)C(C)N(Cc1cccc(Cl)c1)C(=O)CN(c1cccc(C)c1)S(=O)(=O)c1ccc(Cl)cc1. The molecule has 0 aliphatic heterocycles. The van der Waals surface area contributed by atoms with E-state index in [9.17, 15) is 18.0 Å². The van der Waals surface area contributed by atoms with E-state index in [-0.39, 0.29) is 17.3 Å². The van der Waals surface area contributed by atoms with Crippen LogP contribution in [0.3, 0.4) is 0 Å².